The smallest absolute Gasteiger partial charge is 0.137 e. The molecular formula is C11H13Cl2N3. The third kappa shape index (κ3) is 2.21. The molecule has 16 heavy (non-hydrogen) atoms. The number of halogens is 2. The number of hydrogen-bond acceptors (Lipinski definition) is 2. The Kier molecular flexibility index (Phi) is 4.35. The lowest BCUT2D eigenvalue weighted by molar-refractivity contribution is 0.744. The molecule has 2 N–H and O–H groups in total. The van der Waals surface area contributed by atoms with Crippen molar-refractivity contribution < 1.29 is 0 Å². The Bertz CT molecular complexity index is 432. The van der Waals surface area contributed by atoms with Gasteiger partial charge in [-0.1, -0.05) is 30.3 Å². The standard InChI is InChI=1S/C11H11N3.2ClH/c1-2-4-8(5-3-1)11-13-9-6-12-7-10(9)14-11;;/h1-5,12H,6-7H2,(H,13,14);2*1H. The fourth-order valence-electron chi connectivity index (χ4n) is 1.78. The number of hydrogen-bond donors (Lipinski definition) is 2. The van der Waals surface area contributed by atoms with Crippen LogP contribution in [-0.4, -0.2) is 9.97 Å². The van der Waals surface area contributed by atoms with Crippen molar-refractivity contribution >= 4 is 24.8 Å². The normalized spacial score (nSPS) is 12.5. The second-order valence-electron chi connectivity index (χ2n) is 3.48. The Hall–Kier alpha value is -1.03. The van der Waals surface area contributed by atoms with Crippen molar-refractivity contribution in [1.82, 2.24) is 15.3 Å². The maximum atomic E-state index is 4.54. The van der Waals surface area contributed by atoms with Gasteiger partial charge in [-0.2, -0.15) is 0 Å². The molecular weight excluding hydrogens is 245 g/mol. The number of fused-ring (bicyclic) bond motifs is 1. The SMILES string of the molecule is Cl.Cl.c1ccc(-c2nc3c([nH]2)CNC3)cc1. The maximum Gasteiger partial charge on any atom is 0.137 e. The largest absolute Gasteiger partial charge is 0.341 e. The first-order valence-corrected chi connectivity index (χ1v) is 4.77. The van der Waals surface area contributed by atoms with Crippen LogP contribution in [0.1, 0.15) is 11.4 Å². The summed E-state index contributed by atoms with van der Waals surface area (Å²) in [5, 5.41) is 3.25. The highest BCUT2D eigenvalue weighted by Gasteiger charge is 2.15. The lowest BCUT2D eigenvalue weighted by Gasteiger charge is -1.96. The highest BCUT2D eigenvalue weighted by molar-refractivity contribution is 5.85. The van der Waals surface area contributed by atoms with E-state index in [9.17, 15) is 0 Å². The van der Waals surface area contributed by atoms with Crippen LogP contribution in [0, 0.1) is 0 Å². The zero-order valence-corrected chi connectivity index (χ0v) is 10.2. The molecule has 0 amide bonds. The minimum absolute atomic E-state index is 0. The average Bonchev–Trinajstić information content (AvgIpc) is 2.78. The van der Waals surface area contributed by atoms with Gasteiger partial charge in [-0.05, 0) is 0 Å². The molecule has 0 fully saturated rings. The molecule has 3 nitrogen and oxygen atoms in total. The monoisotopic (exact) mass is 257 g/mol. The molecule has 0 aliphatic carbocycles. The van der Waals surface area contributed by atoms with Crippen LogP contribution < -0.4 is 5.32 Å². The molecule has 86 valence electrons. The van der Waals surface area contributed by atoms with E-state index in [-0.39, 0.29) is 24.8 Å². The van der Waals surface area contributed by atoms with Gasteiger partial charge < -0.3 is 10.3 Å². The van der Waals surface area contributed by atoms with Crippen LogP contribution >= 0.6 is 24.8 Å². The third-order valence-electron chi connectivity index (χ3n) is 2.51. The molecule has 0 unspecified atom stereocenters. The van der Waals surface area contributed by atoms with E-state index in [4.69, 9.17) is 0 Å². The van der Waals surface area contributed by atoms with E-state index in [1.54, 1.807) is 0 Å². The number of imidazole rings is 1. The van der Waals surface area contributed by atoms with Gasteiger partial charge >= 0.3 is 0 Å². The first kappa shape index (κ1) is 13.0. The lowest BCUT2D eigenvalue weighted by atomic mass is 10.2. The molecule has 2 heterocycles. The number of nitrogens with one attached hydrogen (secondary N) is 2. The Morgan fingerprint density at radius 2 is 1.75 bits per heavy atom. The molecule has 3 rings (SSSR count). The molecule has 5 heteroatoms. The van der Waals surface area contributed by atoms with Gasteiger partial charge in [0.2, 0.25) is 0 Å². The highest BCUT2D eigenvalue weighted by Crippen LogP contribution is 2.20. The number of aromatic amines is 1. The summed E-state index contributed by atoms with van der Waals surface area (Å²) in [6, 6.07) is 10.2. The fourth-order valence-corrected chi connectivity index (χ4v) is 1.78. The topological polar surface area (TPSA) is 40.7 Å². The van der Waals surface area contributed by atoms with E-state index in [1.807, 2.05) is 18.2 Å². The van der Waals surface area contributed by atoms with Gasteiger partial charge in [0.1, 0.15) is 5.82 Å². The van der Waals surface area contributed by atoms with Crippen molar-refractivity contribution in [1.29, 1.82) is 0 Å². The van der Waals surface area contributed by atoms with Crippen LogP contribution in [0.15, 0.2) is 30.3 Å². The predicted octanol–water partition coefficient (Wildman–Crippen LogP) is 2.52. The Balaban J connectivity index is 0.000000640. The third-order valence-corrected chi connectivity index (χ3v) is 2.51. The molecule has 0 atom stereocenters. The Morgan fingerprint density at radius 1 is 1.00 bits per heavy atom. The van der Waals surface area contributed by atoms with Gasteiger partial charge in [0.15, 0.2) is 0 Å². The second-order valence-corrected chi connectivity index (χ2v) is 3.48. The van der Waals surface area contributed by atoms with Crippen molar-refractivity contribution in [2.45, 2.75) is 13.1 Å². The molecule has 1 aromatic carbocycles. The van der Waals surface area contributed by atoms with Crippen LogP contribution in [0.5, 0.6) is 0 Å². The summed E-state index contributed by atoms with van der Waals surface area (Å²) in [5.74, 6) is 0.983. The Morgan fingerprint density at radius 3 is 2.44 bits per heavy atom. The van der Waals surface area contributed by atoms with E-state index in [1.165, 1.54) is 5.69 Å². The van der Waals surface area contributed by atoms with Gasteiger partial charge in [0, 0.05) is 18.7 Å². The first-order valence-electron chi connectivity index (χ1n) is 4.77. The zero-order valence-electron chi connectivity index (χ0n) is 8.56. The summed E-state index contributed by atoms with van der Waals surface area (Å²) < 4.78 is 0. The molecule has 1 aromatic heterocycles. The number of benzene rings is 1. The molecule has 0 radical (unpaired) electrons. The predicted molar refractivity (Wildman–Crippen MR) is 69.1 cm³/mol. The van der Waals surface area contributed by atoms with Gasteiger partial charge in [-0.25, -0.2) is 4.98 Å². The van der Waals surface area contributed by atoms with Crippen LogP contribution in [-0.2, 0) is 13.1 Å². The zero-order chi connectivity index (χ0) is 9.38. The molecule has 1 aliphatic rings. The summed E-state index contributed by atoms with van der Waals surface area (Å²) in [7, 11) is 0. The average molecular weight is 258 g/mol. The molecule has 0 saturated heterocycles. The van der Waals surface area contributed by atoms with E-state index in [0.717, 1.165) is 30.2 Å². The van der Waals surface area contributed by atoms with Gasteiger partial charge in [-0.3, -0.25) is 0 Å². The first-order chi connectivity index (χ1) is 6.93. The van der Waals surface area contributed by atoms with E-state index in [0.29, 0.717) is 0 Å². The van der Waals surface area contributed by atoms with Gasteiger partial charge in [0.25, 0.3) is 0 Å². The minimum Gasteiger partial charge on any atom is -0.341 e. The summed E-state index contributed by atoms with van der Waals surface area (Å²) in [6.07, 6.45) is 0. The number of aromatic nitrogens is 2. The number of rotatable bonds is 1. The van der Waals surface area contributed by atoms with Crippen LogP contribution in [0.3, 0.4) is 0 Å². The van der Waals surface area contributed by atoms with Crippen LogP contribution in [0.2, 0.25) is 0 Å². The fraction of sp³-hybridized carbons (Fsp3) is 0.182. The summed E-state index contributed by atoms with van der Waals surface area (Å²) in [6.45, 7) is 1.80. The van der Waals surface area contributed by atoms with Crippen molar-refractivity contribution in [3.8, 4) is 11.4 Å². The summed E-state index contributed by atoms with van der Waals surface area (Å²) >= 11 is 0. The van der Waals surface area contributed by atoms with E-state index in [2.05, 4.69) is 27.4 Å². The minimum atomic E-state index is 0. The Labute approximate surface area is 106 Å². The molecule has 0 spiro atoms. The molecule has 2 aromatic rings. The summed E-state index contributed by atoms with van der Waals surface area (Å²) in [5.41, 5.74) is 3.54. The summed E-state index contributed by atoms with van der Waals surface area (Å²) in [4.78, 5) is 7.88. The van der Waals surface area contributed by atoms with Gasteiger partial charge in [-0.15, -0.1) is 24.8 Å². The van der Waals surface area contributed by atoms with Crippen LogP contribution in [0.4, 0.5) is 0 Å². The van der Waals surface area contributed by atoms with Crippen molar-refractivity contribution in [2.75, 3.05) is 0 Å². The lowest BCUT2D eigenvalue weighted by Crippen LogP contribution is -2.02. The van der Waals surface area contributed by atoms with Crippen molar-refractivity contribution in [3.63, 3.8) is 0 Å². The second kappa shape index (κ2) is 5.34. The maximum absolute atomic E-state index is 4.54. The molecule has 1 aliphatic heterocycles. The number of H-pyrrole nitrogens is 1. The van der Waals surface area contributed by atoms with Crippen molar-refractivity contribution in [3.05, 3.63) is 41.7 Å². The van der Waals surface area contributed by atoms with Crippen LogP contribution in [0.25, 0.3) is 11.4 Å². The molecule has 0 saturated carbocycles. The van der Waals surface area contributed by atoms with E-state index < -0.39 is 0 Å². The van der Waals surface area contributed by atoms with Gasteiger partial charge in [0.05, 0.1) is 11.4 Å². The molecule has 0 bridgehead atoms. The van der Waals surface area contributed by atoms with Crippen molar-refractivity contribution in [2.24, 2.45) is 0 Å². The quantitative estimate of drug-likeness (QED) is 0.825. The highest BCUT2D eigenvalue weighted by atomic mass is 35.5. The van der Waals surface area contributed by atoms with E-state index >= 15 is 0 Å². The number of nitrogens with zero attached hydrogens (tertiary/aromatic N) is 1.